The first-order valence-corrected chi connectivity index (χ1v) is 9.79. The molecule has 0 radical (unpaired) electrons. The van der Waals surface area contributed by atoms with E-state index in [1.807, 2.05) is 11.8 Å². The van der Waals surface area contributed by atoms with E-state index in [2.05, 4.69) is 20.8 Å². The second-order valence-corrected chi connectivity index (χ2v) is 9.50. The highest BCUT2D eigenvalue weighted by atomic mass is 35.5. The SMILES string of the molecule is Cc1cc(OCC(=O)OCC(=O)N2C[C@@]3(C)C[C@H]2CC(C)(C)C3)ccc1Cl. The zero-order valence-electron chi connectivity index (χ0n) is 16.5. The monoisotopic (exact) mass is 393 g/mol. The number of aryl methyl sites for hydroxylation is 1. The summed E-state index contributed by atoms with van der Waals surface area (Å²) in [5.74, 6) is -0.120. The second kappa shape index (κ2) is 7.34. The maximum atomic E-state index is 12.6. The number of carbonyl (C=O) groups excluding carboxylic acids is 2. The van der Waals surface area contributed by atoms with Crippen molar-refractivity contribution in [2.45, 2.75) is 53.0 Å². The summed E-state index contributed by atoms with van der Waals surface area (Å²) in [4.78, 5) is 26.4. The van der Waals surface area contributed by atoms with Crippen LogP contribution >= 0.6 is 11.6 Å². The van der Waals surface area contributed by atoms with E-state index in [0.29, 0.717) is 10.8 Å². The van der Waals surface area contributed by atoms with E-state index in [-0.39, 0.29) is 36.0 Å². The standard InChI is InChI=1S/C21H28ClNO4/c1-14-7-16(5-6-17(14)22)26-11-19(25)27-10-18(24)23-13-21(4)9-15(23)8-20(2,3)12-21/h5-7,15H,8-13H2,1-4H3/t15-,21+/m1/s1. The van der Waals surface area contributed by atoms with Gasteiger partial charge in [0.2, 0.25) is 0 Å². The molecule has 1 aliphatic carbocycles. The first kappa shape index (κ1) is 20.0. The highest BCUT2D eigenvalue weighted by Gasteiger charge is 2.50. The normalized spacial score (nSPS) is 26.0. The Balaban J connectivity index is 1.48. The maximum Gasteiger partial charge on any atom is 0.344 e. The van der Waals surface area contributed by atoms with Crippen LogP contribution in [0.4, 0.5) is 0 Å². The fourth-order valence-electron chi connectivity index (χ4n) is 4.87. The molecule has 2 atom stereocenters. The van der Waals surface area contributed by atoms with Crippen LogP contribution in [0.3, 0.4) is 0 Å². The molecule has 2 bridgehead atoms. The lowest BCUT2D eigenvalue weighted by molar-refractivity contribution is -0.154. The Hall–Kier alpha value is -1.75. The van der Waals surface area contributed by atoms with E-state index in [4.69, 9.17) is 21.1 Å². The quantitative estimate of drug-likeness (QED) is 0.709. The van der Waals surface area contributed by atoms with Crippen molar-refractivity contribution in [1.29, 1.82) is 0 Å². The summed E-state index contributed by atoms with van der Waals surface area (Å²) >= 11 is 5.97. The zero-order chi connectivity index (χ0) is 19.8. The van der Waals surface area contributed by atoms with Crippen LogP contribution in [0.5, 0.6) is 5.75 Å². The van der Waals surface area contributed by atoms with Crippen LogP contribution in [0.1, 0.15) is 45.6 Å². The maximum absolute atomic E-state index is 12.6. The summed E-state index contributed by atoms with van der Waals surface area (Å²) in [6, 6.07) is 5.42. The summed E-state index contributed by atoms with van der Waals surface area (Å²) in [7, 11) is 0. The van der Waals surface area contributed by atoms with Gasteiger partial charge in [-0.05, 0) is 60.8 Å². The lowest BCUT2D eigenvalue weighted by Gasteiger charge is -2.39. The molecule has 148 valence electrons. The molecule has 0 aromatic heterocycles. The number of halogens is 1. The smallest absolute Gasteiger partial charge is 0.344 e. The van der Waals surface area contributed by atoms with Crippen LogP contribution < -0.4 is 4.74 Å². The summed E-state index contributed by atoms with van der Waals surface area (Å²) in [5, 5.41) is 0.642. The van der Waals surface area contributed by atoms with Crippen LogP contribution in [-0.4, -0.2) is 42.6 Å². The molecule has 0 spiro atoms. The first-order chi connectivity index (χ1) is 12.6. The average molecular weight is 394 g/mol. The van der Waals surface area contributed by atoms with Gasteiger partial charge in [-0.1, -0.05) is 32.4 Å². The van der Waals surface area contributed by atoms with Gasteiger partial charge in [0.1, 0.15) is 5.75 Å². The number of amides is 1. The number of ether oxygens (including phenoxy) is 2. The van der Waals surface area contributed by atoms with Gasteiger partial charge in [-0.25, -0.2) is 4.79 Å². The number of likely N-dealkylation sites (tertiary alicyclic amines) is 1. The molecule has 1 amide bonds. The van der Waals surface area contributed by atoms with Gasteiger partial charge in [-0.3, -0.25) is 4.79 Å². The molecule has 0 unspecified atom stereocenters. The minimum Gasteiger partial charge on any atom is -0.482 e. The molecule has 5 nitrogen and oxygen atoms in total. The third-order valence-corrected chi connectivity index (χ3v) is 6.00. The van der Waals surface area contributed by atoms with Gasteiger partial charge in [-0.15, -0.1) is 0 Å². The van der Waals surface area contributed by atoms with Gasteiger partial charge in [0.25, 0.3) is 5.91 Å². The van der Waals surface area contributed by atoms with Gasteiger partial charge in [0.05, 0.1) is 0 Å². The lowest BCUT2D eigenvalue weighted by atomic mass is 9.65. The Morgan fingerprint density at radius 2 is 1.96 bits per heavy atom. The molecule has 1 saturated carbocycles. The van der Waals surface area contributed by atoms with Gasteiger partial charge in [0, 0.05) is 17.6 Å². The molecule has 27 heavy (non-hydrogen) atoms. The van der Waals surface area contributed by atoms with Crippen molar-refractivity contribution >= 4 is 23.5 Å². The average Bonchev–Trinajstić information content (AvgIpc) is 2.82. The third kappa shape index (κ3) is 4.75. The van der Waals surface area contributed by atoms with Crippen molar-refractivity contribution in [3.05, 3.63) is 28.8 Å². The molecular formula is C21H28ClNO4. The molecule has 6 heteroatoms. The van der Waals surface area contributed by atoms with Crippen molar-refractivity contribution in [2.75, 3.05) is 19.8 Å². The topological polar surface area (TPSA) is 55.8 Å². The molecule has 1 aromatic carbocycles. The van der Waals surface area contributed by atoms with E-state index in [1.54, 1.807) is 18.2 Å². The molecule has 2 fully saturated rings. The Labute approximate surface area is 166 Å². The van der Waals surface area contributed by atoms with Gasteiger partial charge >= 0.3 is 5.97 Å². The van der Waals surface area contributed by atoms with E-state index < -0.39 is 5.97 Å². The predicted molar refractivity (Wildman–Crippen MR) is 104 cm³/mol. The summed E-state index contributed by atoms with van der Waals surface area (Å²) < 4.78 is 10.6. The van der Waals surface area contributed by atoms with Crippen molar-refractivity contribution in [3.8, 4) is 5.75 Å². The zero-order valence-corrected chi connectivity index (χ0v) is 17.3. The number of benzene rings is 1. The largest absolute Gasteiger partial charge is 0.482 e. The Bertz CT molecular complexity index is 748. The minimum atomic E-state index is -0.551. The third-order valence-electron chi connectivity index (χ3n) is 5.58. The highest BCUT2D eigenvalue weighted by molar-refractivity contribution is 6.31. The van der Waals surface area contributed by atoms with Crippen LogP contribution in [0.15, 0.2) is 18.2 Å². The van der Waals surface area contributed by atoms with Gasteiger partial charge in [-0.2, -0.15) is 0 Å². The minimum absolute atomic E-state index is 0.114. The number of fused-ring (bicyclic) bond motifs is 2. The van der Waals surface area contributed by atoms with Gasteiger partial charge < -0.3 is 14.4 Å². The fraction of sp³-hybridized carbons (Fsp3) is 0.619. The molecule has 1 aliphatic heterocycles. The van der Waals surface area contributed by atoms with Crippen molar-refractivity contribution < 1.29 is 19.1 Å². The van der Waals surface area contributed by atoms with Gasteiger partial charge in [0.15, 0.2) is 13.2 Å². The van der Waals surface area contributed by atoms with E-state index in [0.717, 1.165) is 31.4 Å². The molecule has 1 saturated heterocycles. The van der Waals surface area contributed by atoms with Crippen LogP contribution in [0.25, 0.3) is 0 Å². The van der Waals surface area contributed by atoms with Crippen LogP contribution in [0, 0.1) is 17.8 Å². The molecule has 1 heterocycles. The summed E-state index contributed by atoms with van der Waals surface area (Å²) in [6.07, 6.45) is 3.16. The fourth-order valence-corrected chi connectivity index (χ4v) is 4.99. The van der Waals surface area contributed by atoms with Crippen molar-refractivity contribution in [2.24, 2.45) is 10.8 Å². The Kier molecular flexibility index (Phi) is 5.44. The Morgan fingerprint density at radius 1 is 1.22 bits per heavy atom. The summed E-state index contributed by atoms with van der Waals surface area (Å²) in [5.41, 5.74) is 1.28. The number of nitrogens with zero attached hydrogens (tertiary/aromatic N) is 1. The predicted octanol–water partition coefficient (Wildman–Crippen LogP) is 4.00. The Morgan fingerprint density at radius 3 is 2.67 bits per heavy atom. The number of esters is 1. The number of hydrogen-bond donors (Lipinski definition) is 0. The first-order valence-electron chi connectivity index (χ1n) is 9.41. The number of rotatable bonds is 5. The van der Waals surface area contributed by atoms with Crippen LogP contribution in [0.2, 0.25) is 5.02 Å². The number of carbonyl (C=O) groups is 2. The highest BCUT2D eigenvalue weighted by Crippen LogP contribution is 2.52. The van der Waals surface area contributed by atoms with Crippen LogP contribution in [-0.2, 0) is 14.3 Å². The molecule has 2 aliphatic rings. The second-order valence-electron chi connectivity index (χ2n) is 9.10. The van der Waals surface area contributed by atoms with E-state index in [1.165, 1.54) is 0 Å². The molecular weight excluding hydrogens is 366 g/mol. The van der Waals surface area contributed by atoms with Crippen molar-refractivity contribution in [3.63, 3.8) is 0 Å². The molecule has 3 rings (SSSR count). The molecule has 1 aromatic rings. The molecule has 0 N–H and O–H groups in total. The van der Waals surface area contributed by atoms with E-state index in [9.17, 15) is 9.59 Å². The lowest BCUT2D eigenvalue weighted by Crippen LogP contribution is -2.40. The van der Waals surface area contributed by atoms with Crippen molar-refractivity contribution in [1.82, 2.24) is 4.90 Å². The van der Waals surface area contributed by atoms with E-state index >= 15 is 0 Å². The number of hydrogen-bond acceptors (Lipinski definition) is 4. The summed E-state index contributed by atoms with van der Waals surface area (Å²) in [6.45, 7) is 8.93.